The molecule has 67 valence electrons. The minimum atomic E-state index is 0.269. The number of hydrogen-bond acceptors (Lipinski definition) is 0. The Balaban J connectivity index is 3.44. The van der Waals surface area contributed by atoms with Gasteiger partial charge in [-0.3, -0.25) is 0 Å². The van der Waals surface area contributed by atoms with Crippen LogP contribution in [0, 0.1) is 17.8 Å². The normalized spacial score (nSPS) is 13.6. The summed E-state index contributed by atoms with van der Waals surface area (Å²) in [6.45, 7) is 15.4. The summed E-state index contributed by atoms with van der Waals surface area (Å²) in [7, 11) is 0. The highest BCUT2D eigenvalue weighted by atomic mass is 14.2. The van der Waals surface area contributed by atoms with E-state index in [-0.39, 0.29) is 5.41 Å². The SMILES string of the molecule is [CH2]C(C)(C)CCCC(C)(C)C. The van der Waals surface area contributed by atoms with Crippen LogP contribution in [0.2, 0.25) is 0 Å². The maximum atomic E-state index is 4.09. The predicted octanol–water partition coefficient (Wildman–Crippen LogP) is 4.06. The molecule has 0 rings (SSSR count). The van der Waals surface area contributed by atoms with E-state index in [1.807, 2.05) is 0 Å². The molecule has 0 saturated carbocycles. The molecule has 0 aromatic heterocycles. The van der Waals surface area contributed by atoms with Crippen LogP contribution < -0.4 is 0 Å². The Morgan fingerprint density at radius 1 is 0.909 bits per heavy atom. The van der Waals surface area contributed by atoms with E-state index in [9.17, 15) is 0 Å². The topological polar surface area (TPSA) is 0 Å². The Kier molecular flexibility index (Phi) is 3.60. The third-order valence-electron chi connectivity index (χ3n) is 1.78. The van der Waals surface area contributed by atoms with Gasteiger partial charge in [-0.25, -0.2) is 0 Å². The van der Waals surface area contributed by atoms with Gasteiger partial charge in [0.25, 0.3) is 0 Å². The van der Waals surface area contributed by atoms with Gasteiger partial charge in [0, 0.05) is 0 Å². The second kappa shape index (κ2) is 3.60. The lowest BCUT2D eigenvalue weighted by molar-refractivity contribution is 0.321. The van der Waals surface area contributed by atoms with Gasteiger partial charge in [-0.1, -0.05) is 41.0 Å². The van der Waals surface area contributed by atoms with Crippen LogP contribution in [-0.2, 0) is 0 Å². The van der Waals surface area contributed by atoms with Gasteiger partial charge in [-0.2, -0.15) is 0 Å². The van der Waals surface area contributed by atoms with Crippen molar-refractivity contribution >= 4 is 0 Å². The van der Waals surface area contributed by atoms with Crippen molar-refractivity contribution in [2.45, 2.75) is 53.9 Å². The molecule has 0 nitrogen and oxygen atoms in total. The molecule has 0 bridgehead atoms. The van der Waals surface area contributed by atoms with Crippen molar-refractivity contribution in [2.75, 3.05) is 0 Å². The smallest absolute Gasteiger partial charge is 0.0354 e. The average Bonchev–Trinajstić information content (AvgIpc) is 1.55. The van der Waals surface area contributed by atoms with Crippen molar-refractivity contribution in [3.63, 3.8) is 0 Å². The molecule has 11 heavy (non-hydrogen) atoms. The van der Waals surface area contributed by atoms with Gasteiger partial charge < -0.3 is 0 Å². The molecule has 0 heteroatoms. The zero-order valence-electron chi connectivity index (χ0n) is 8.83. The highest BCUT2D eigenvalue weighted by Gasteiger charge is 2.14. The molecule has 0 aliphatic heterocycles. The first-order chi connectivity index (χ1) is 4.71. The first-order valence-corrected chi connectivity index (χ1v) is 4.56. The lowest BCUT2D eigenvalue weighted by Crippen LogP contribution is -2.09. The third-order valence-corrected chi connectivity index (χ3v) is 1.78. The van der Waals surface area contributed by atoms with Crippen LogP contribution >= 0.6 is 0 Å². The molecule has 0 amide bonds. The zero-order chi connectivity index (χ0) is 9.12. The van der Waals surface area contributed by atoms with E-state index >= 15 is 0 Å². The van der Waals surface area contributed by atoms with Crippen LogP contribution in [0.4, 0.5) is 0 Å². The van der Waals surface area contributed by atoms with Crippen molar-refractivity contribution in [2.24, 2.45) is 10.8 Å². The summed E-state index contributed by atoms with van der Waals surface area (Å²) in [6, 6.07) is 0. The maximum Gasteiger partial charge on any atom is -0.0354 e. The molecule has 0 atom stereocenters. The average molecular weight is 155 g/mol. The highest BCUT2D eigenvalue weighted by Crippen LogP contribution is 2.27. The fourth-order valence-corrected chi connectivity index (χ4v) is 1.10. The summed E-state index contributed by atoms with van der Waals surface area (Å²) in [6.07, 6.45) is 3.86. The van der Waals surface area contributed by atoms with Gasteiger partial charge in [0.15, 0.2) is 0 Å². The Bertz CT molecular complexity index is 84.2. The Hall–Kier alpha value is 0. The molecule has 0 fully saturated rings. The van der Waals surface area contributed by atoms with Crippen molar-refractivity contribution in [1.82, 2.24) is 0 Å². The van der Waals surface area contributed by atoms with Crippen LogP contribution in [0.25, 0.3) is 0 Å². The standard InChI is InChI=1S/C11H23/c1-10(2,3)8-7-9-11(4,5)6/h1,7-9H2,2-6H3. The molecule has 0 aromatic rings. The van der Waals surface area contributed by atoms with Crippen molar-refractivity contribution in [3.8, 4) is 0 Å². The molecule has 0 saturated heterocycles. The minimum absolute atomic E-state index is 0.269. The predicted molar refractivity (Wildman–Crippen MR) is 52.4 cm³/mol. The highest BCUT2D eigenvalue weighted by molar-refractivity contribution is 4.72. The van der Waals surface area contributed by atoms with E-state index in [4.69, 9.17) is 0 Å². The lowest BCUT2D eigenvalue weighted by atomic mass is 9.84. The molecule has 0 heterocycles. The van der Waals surface area contributed by atoms with E-state index in [1.165, 1.54) is 19.3 Å². The molecule has 0 N–H and O–H groups in total. The quantitative estimate of drug-likeness (QED) is 0.576. The second-order valence-electron chi connectivity index (χ2n) is 5.58. The van der Waals surface area contributed by atoms with Crippen LogP contribution in [0.5, 0.6) is 0 Å². The maximum absolute atomic E-state index is 4.09. The summed E-state index contributed by atoms with van der Waals surface area (Å²) < 4.78 is 0. The van der Waals surface area contributed by atoms with Crippen LogP contribution in [0.3, 0.4) is 0 Å². The third kappa shape index (κ3) is 10.0. The molecule has 1 radical (unpaired) electrons. The summed E-state index contributed by atoms with van der Waals surface area (Å²) >= 11 is 0. The zero-order valence-corrected chi connectivity index (χ0v) is 8.83. The number of rotatable bonds is 3. The van der Waals surface area contributed by atoms with Gasteiger partial charge in [-0.05, 0) is 30.6 Å². The molecule has 0 spiro atoms. The largest absolute Gasteiger partial charge is 0.0602 e. The Morgan fingerprint density at radius 3 is 1.64 bits per heavy atom. The fraction of sp³-hybridized carbons (Fsp3) is 0.909. The van der Waals surface area contributed by atoms with Crippen molar-refractivity contribution < 1.29 is 0 Å². The summed E-state index contributed by atoms with van der Waals surface area (Å²) in [5, 5.41) is 0. The molecular weight excluding hydrogens is 132 g/mol. The van der Waals surface area contributed by atoms with Crippen LogP contribution in [-0.4, -0.2) is 0 Å². The van der Waals surface area contributed by atoms with Crippen LogP contribution in [0.1, 0.15) is 53.9 Å². The second-order valence-corrected chi connectivity index (χ2v) is 5.58. The molecule has 0 aliphatic rings. The van der Waals surface area contributed by atoms with Crippen molar-refractivity contribution in [3.05, 3.63) is 6.92 Å². The van der Waals surface area contributed by atoms with E-state index in [0.29, 0.717) is 5.41 Å². The van der Waals surface area contributed by atoms with Gasteiger partial charge in [-0.15, -0.1) is 0 Å². The number of hydrogen-bond donors (Lipinski definition) is 0. The van der Waals surface area contributed by atoms with E-state index in [1.54, 1.807) is 0 Å². The fourth-order valence-electron chi connectivity index (χ4n) is 1.10. The van der Waals surface area contributed by atoms with Gasteiger partial charge in [0.2, 0.25) is 0 Å². The summed E-state index contributed by atoms with van der Waals surface area (Å²) in [5.74, 6) is 0. The Morgan fingerprint density at radius 2 is 1.36 bits per heavy atom. The first kappa shape index (κ1) is 11.0. The molecule has 0 unspecified atom stereocenters. The first-order valence-electron chi connectivity index (χ1n) is 4.56. The van der Waals surface area contributed by atoms with Gasteiger partial charge >= 0.3 is 0 Å². The monoisotopic (exact) mass is 155 g/mol. The summed E-state index contributed by atoms with van der Waals surface area (Å²) in [5.41, 5.74) is 0.760. The molecular formula is C11H23. The lowest BCUT2D eigenvalue weighted by Gasteiger charge is -2.22. The molecule has 0 aromatic carbocycles. The minimum Gasteiger partial charge on any atom is -0.0602 e. The van der Waals surface area contributed by atoms with Crippen molar-refractivity contribution in [1.29, 1.82) is 0 Å². The van der Waals surface area contributed by atoms with Gasteiger partial charge in [0.1, 0.15) is 0 Å². The van der Waals surface area contributed by atoms with E-state index in [0.717, 1.165) is 0 Å². The van der Waals surface area contributed by atoms with E-state index in [2.05, 4.69) is 41.5 Å². The molecule has 0 aliphatic carbocycles. The Labute approximate surface area is 72.4 Å². The summed E-state index contributed by atoms with van der Waals surface area (Å²) in [4.78, 5) is 0. The van der Waals surface area contributed by atoms with Gasteiger partial charge in [0.05, 0.1) is 0 Å². The van der Waals surface area contributed by atoms with Crippen LogP contribution in [0.15, 0.2) is 0 Å². The van der Waals surface area contributed by atoms with E-state index < -0.39 is 0 Å².